The topological polar surface area (TPSA) is 90.0 Å². The highest BCUT2D eigenvalue weighted by atomic mass is 35.5. The molecule has 2 aromatic rings. The smallest absolute Gasteiger partial charge is 0.245 e. The molecule has 0 saturated heterocycles. The van der Waals surface area contributed by atoms with Crippen molar-refractivity contribution in [2.24, 2.45) is 7.05 Å². The maximum atomic E-state index is 12.2. The first kappa shape index (κ1) is 15.0. The number of sulfonamides is 1. The molecule has 110 valence electrons. The second-order valence-electron chi connectivity index (χ2n) is 4.40. The van der Waals surface area contributed by atoms with Crippen molar-refractivity contribution in [2.45, 2.75) is 32.2 Å². The lowest BCUT2D eigenvalue weighted by Gasteiger charge is -2.04. The van der Waals surface area contributed by atoms with Gasteiger partial charge in [-0.25, -0.2) is 18.1 Å². The molecule has 0 amide bonds. The zero-order valence-corrected chi connectivity index (χ0v) is 13.1. The van der Waals surface area contributed by atoms with E-state index in [0.717, 1.165) is 5.69 Å². The molecule has 0 aliphatic rings. The van der Waals surface area contributed by atoms with Gasteiger partial charge in [0.1, 0.15) is 15.8 Å². The molecular weight excluding hydrogens is 304 g/mol. The SMILES string of the molecule is Cc1nc(CNS(=O)(=O)c2c(C)nn(C)c2Cl)oc1C. The Morgan fingerprint density at radius 3 is 2.40 bits per heavy atom. The fourth-order valence-electron chi connectivity index (χ4n) is 1.76. The van der Waals surface area contributed by atoms with E-state index in [1.54, 1.807) is 27.8 Å². The van der Waals surface area contributed by atoms with Gasteiger partial charge in [-0.15, -0.1) is 0 Å². The van der Waals surface area contributed by atoms with Crippen molar-refractivity contribution in [3.8, 4) is 0 Å². The standard InChI is InChI=1S/C11H15ClN4O3S/c1-6-8(3)19-9(14-6)5-13-20(17,18)10-7(2)15-16(4)11(10)12/h13H,5H2,1-4H3. The van der Waals surface area contributed by atoms with E-state index in [-0.39, 0.29) is 16.6 Å². The van der Waals surface area contributed by atoms with E-state index < -0.39 is 10.0 Å². The molecule has 0 spiro atoms. The van der Waals surface area contributed by atoms with Crippen LogP contribution in [0.5, 0.6) is 0 Å². The van der Waals surface area contributed by atoms with Crippen LogP contribution in [0.1, 0.15) is 23.0 Å². The Kier molecular flexibility index (Phi) is 3.90. The van der Waals surface area contributed by atoms with Crippen LogP contribution in [0.4, 0.5) is 0 Å². The van der Waals surface area contributed by atoms with Crippen LogP contribution in [0.2, 0.25) is 5.15 Å². The van der Waals surface area contributed by atoms with Crippen molar-refractivity contribution >= 4 is 21.6 Å². The van der Waals surface area contributed by atoms with Gasteiger partial charge in [0.2, 0.25) is 15.9 Å². The predicted molar refractivity (Wildman–Crippen MR) is 73.0 cm³/mol. The monoisotopic (exact) mass is 318 g/mol. The average Bonchev–Trinajstić information content (AvgIpc) is 2.78. The minimum absolute atomic E-state index is 0.0262. The zero-order valence-electron chi connectivity index (χ0n) is 11.6. The molecule has 1 N–H and O–H groups in total. The Labute approximate surface area is 122 Å². The third-order valence-corrected chi connectivity index (χ3v) is 4.95. The molecule has 0 saturated carbocycles. The summed E-state index contributed by atoms with van der Waals surface area (Å²) in [5.41, 5.74) is 1.07. The van der Waals surface area contributed by atoms with E-state index in [4.69, 9.17) is 16.0 Å². The summed E-state index contributed by atoms with van der Waals surface area (Å²) in [7, 11) is -2.19. The summed E-state index contributed by atoms with van der Waals surface area (Å²) in [6.45, 7) is 5.10. The van der Waals surface area contributed by atoms with Gasteiger partial charge in [0, 0.05) is 7.05 Å². The van der Waals surface area contributed by atoms with Gasteiger partial charge in [-0.3, -0.25) is 4.68 Å². The number of aryl methyl sites for hydroxylation is 4. The third kappa shape index (κ3) is 2.72. The lowest BCUT2D eigenvalue weighted by Crippen LogP contribution is -2.24. The number of rotatable bonds is 4. The normalized spacial score (nSPS) is 12.1. The van der Waals surface area contributed by atoms with Crippen LogP contribution in [0.15, 0.2) is 9.31 Å². The summed E-state index contributed by atoms with van der Waals surface area (Å²) < 4.78 is 33.5. The minimum atomic E-state index is -3.77. The van der Waals surface area contributed by atoms with Crippen LogP contribution < -0.4 is 4.72 Å². The number of halogens is 1. The Hall–Kier alpha value is -1.38. The zero-order chi connectivity index (χ0) is 15.1. The lowest BCUT2D eigenvalue weighted by atomic mass is 10.4. The van der Waals surface area contributed by atoms with E-state index in [1.807, 2.05) is 0 Å². The van der Waals surface area contributed by atoms with Gasteiger partial charge in [-0.2, -0.15) is 5.10 Å². The van der Waals surface area contributed by atoms with Crippen LogP contribution in [-0.4, -0.2) is 23.2 Å². The van der Waals surface area contributed by atoms with Crippen molar-refractivity contribution in [3.05, 3.63) is 28.2 Å². The first-order valence-corrected chi connectivity index (χ1v) is 7.70. The Morgan fingerprint density at radius 1 is 1.30 bits per heavy atom. The lowest BCUT2D eigenvalue weighted by molar-refractivity contribution is 0.463. The molecule has 0 bridgehead atoms. The van der Waals surface area contributed by atoms with Crippen molar-refractivity contribution in [2.75, 3.05) is 0 Å². The van der Waals surface area contributed by atoms with E-state index >= 15 is 0 Å². The van der Waals surface area contributed by atoms with Gasteiger partial charge in [-0.05, 0) is 20.8 Å². The summed E-state index contributed by atoms with van der Waals surface area (Å²) in [6.07, 6.45) is 0. The van der Waals surface area contributed by atoms with Crippen molar-refractivity contribution in [1.82, 2.24) is 19.5 Å². The number of hydrogen-bond acceptors (Lipinski definition) is 5. The largest absolute Gasteiger partial charge is 0.444 e. The number of nitrogens with zero attached hydrogens (tertiary/aromatic N) is 3. The summed E-state index contributed by atoms with van der Waals surface area (Å²) in [5.74, 6) is 0.969. The van der Waals surface area contributed by atoms with E-state index in [1.165, 1.54) is 4.68 Å². The van der Waals surface area contributed by atoms with Crippen LogP contribution in [0, 0.1) is 20.8 Å². The molecule has 0 fully saturated rings. The third-order valence-electron chi connectivity index (χ3n) is 2.86. The average molecular weight is 319 g/mol. The highest BCUT2D eigenvalue weighted by Crippen LogP contribution is 2.24. The van der Waals surface area contributed by atoms with Crippen LogP contribution in [0.3, 0.4) is 0 Å². The summed E-state index contributed by atoms with van der Waals surface area (Å²) in [4.78, 5) is 4.08. The number of hydrogen-bond donors (Lipinski definition) is 1. The van der Waals surface area contributed by atoms with Gasteiger partial charge in [0.15, 0.2) is 0 Å². The summed E-state index contributed by atoms with van der Waals surface area (Å²) in [5, 5.41) is 4.04. The molecule has 9 heteroatoms. The van der Waals surface area contributed by atoms with Gasteiger partial charge in [0.25, 0.3) is 0 Å². The van der Waals surface area contributed by atoms with E-state index in [2.05, 4.69) is 14.8 Å². The number of oxazole rings is 1. The highest BCUT2D eigenvalue weighted by molar-refractivity contribution is 7.89. The van der Waals surface area contributed by atoms with Crippen LogP contribution >= 0.6 is 11.6 Å². The fourth-order valence-corrected chi connectivity index (χ4v) is 3.48. The Balaban J connectivity index is 2.23. The molecule has 0 aliphatic heterocycles. The summed E-state index contributed by atoms with van der Waals surface area (Å²) in [6, 6.07) is 0. The molecule has 20 heavy (non-hydrogen) atoms. The number of aromatic nitrogens is 3. The molecule has 2 rings (SSSR count). The predicted octanol–water partition coefficient (Wildman–Crippen LogP) is 1.47. The first-order valence-electron chi connectivity index (χ1n) is 5.84. The molecule has 0 radical (unpaired) electrons. The van der Waals surface area contributed by atoms with Crippen LogP contribution in [-0.2, 0) is 23.6 Å². The van der Waals surface area contributed by atoms with Gasteiger partial charge in [-0.1, -0.05) is 11.6 Å². The maximum absolute atomic E-state index is 12.2. The van der Waals surface area contributed by atoms with Crippen molar-refractivity contribution in [3.63, 3.8) is 0 Å². The molecule has 0 aliphatic carbocycles. The fraction of sp³-hybridized carbons (Fsp3) is 0.455. The van der Waals surface area contributed by atoms with Gasteiger partial charge < -0.3 is 4.42 Å². The maximum Gasteiger partial charge on any atom is 0.245 e. The van der Waals surface area contributed by atoms with Crippen molar-refractivity contribution < 1.29 is 12.8 Å². The molecule has 7 nitrogen and oxygen atoms in total. The van der Waals surface area contributed by atoms with Crippen molar-refractivity contribution in [1.29, 1.82) is 0 Å². The molecule has 0 unspecified atom stereocenters. The molecule has 0 atom stereocenters. The Bertz CT molecular complexity index is 729. The summed E-state index contributed by atoms with van der Waals surface area (Å²) >= 11 is 5.95. The molecule has 0 aromatic carbocycles. The molecular formula is C11H15ClN4O3S. The first-order chi connectivity index (χ1) is 9.22. The van der Waals surface area contributed by atoms with Gasteiger partial charge in [0.05, 0.1) is 17.9 Å². The Morgan fingerprint density at radius 2 is 1.95 bits per heavy atom. The second kappa shape index (κ2) is 5.19. The van der Waals surface area contributed by atoms with E-state index in [0.29, 0.717) is 17.3 Å². The van der Waals surface area contributed by atoms with E-state index in [9.17, 15) is 8.42 Å². The van der Waals surface area contributed by atoms with Gasteiger partial charge >= 0.3 is 0 Å². The number of nitrogens with one attached hydrogen (secondary N) is 1. The van der Waals surface area contributed by atoms with Crippen LogP contribution in [0.25, 0.3) is 0 Å². The minimum Gasteiger partial charge on any atom is -0.444 e. The molecule has 2 aromatic heterocycles. The highest BCUT2D eigenvalue weighted by Gasteiger charge is 2.25. The second-order valence-corrected chi connectivity index (χ2v) is 6.46. The quantitative estimate of drug-likeness (QED) is 0.921. The molecule has 2 heterocycles.